The van der Waals surface area contributed by atoms with Gasteiger partial charge in [0.1, 0.15) is 5.82 Å². The van der Waals surface area contributed by atoms with Gasteiger partial charge in [-0.05, 0) is 13.8 Å². The van der Waals surface area contributed by atoms with Gasteiger partial charge in [0.25, 0.3) is 0 Å². The van der Waals surface area contributed by atoms with Crippen molar-refractivity contribution in [2.75, 3.05) is 18.0 Å². The van der Waals surface area contributed by atoms with Gasteiger partial charge in [0, 0.05) is 19.6 Å². The van der Waals surface area contributed by atoms with Crippen molar-refractivity contribution in [3.8, 4) is 0 Å². The quantitative estimate of drug-likeness (QED) is 0.744. The molecule has 1 aromatic rings. The van der Waals surface area contributed by atoms with Crippen LogP contribution in [0.1, 0.15) is 19.5 Å². The van der Waals surface area contributed by atoms with Gasteiger partial charge < -0.3 is 10.6 Å². The molecule has 0 radical (unpaired) electrons. The van der Waals surface area contributed by atoms with Crippen LogP contribution in [0.2, 0.25) is 0 Å². The van der Waals surface area contributed by atoms with E-state index in [2.05, 4.69) is 28.7 Å². The summed E-state index contributed by atoms with van der Waals surface area (Å²) >= 11 is 0. The number of aromatic nitrogens is 2. The molecule has 0 aromatic carbocycles. The fourth-order valence-corrected chi connectivity index (χ4v) is 1.16. The first kappa shape index (κ1) is 9.92. The minimum Gasteiger partial charge on any atom is -0.356 e. The fourth-order valence-electron chi connectivity index (χ4n) is 1.16. The van der Waals surface area contributed by atoms with E-state index < -0.39 is 0 Å². The molecule has 0 unspecified atom stereocenters. The molecule has 0 amide bonds. The summed E-state index contributed by atoms with van der Waals surface area (Å²) in [5.41, 5.74) is 6.25. The van der Waals surface area contributed by atoms with Crippen molar-refractivity contribution >= 4 is 5.82 Å². The summed E-state index contributed by atoms with van der Waals surface area (Å²) in [6, 6.07) is 0. The first-order valence-electron chi connectivity index (χ1n) is 4.57. The summed E-state index contributed by atoms with van der Waals surface area (Å²) in [6.07, 6.45) is 3.50. The van der Waals surface area contributed by atoms with Crippen molar-refractivity contribution < 1.29 is 0 Å². The molecule has 2 N–H and O–H groups in total. The Bertz CT molecular complexity index is 240. The maximum atomic E-state index is 5.42. The van der Waals surface area contributed by atoms with Crippen LogP contribution in [0.4, 0.5) is 5.82 Å². The molecule has 0 aliphatic heterocycles. The van der Waals surface area contributed by atoms with Gasteiger partial charge in [-0.25, -0.2) is 4.98 Å². The third kappa shape index (κ3) is 2.39. The van der Waals surface area contributed by atoms with Crippen molar-refractivity contribution in [1.29, 1.82) is 0 Å². The zero-order chi connectivity index (χ0) is 9.68. The minimum atomic E-state index is 0.450. The molecule has 4 heteroatoms. The summed E-state index contributed by atoms with van der Waals surface area (Å²) in [5.74, 6) is 0.919. The predicted molar refractivity (Wildman–Crippen MR) is 53.5 cm³/mol. The molecule has 0 spiro atoms. The van der Waals surface area contributed by atoms with Gasteiger partial charge in [-0.3, -0.25) is 4.98 Å². The molecule has 0 atom stereocenters. The van der Waals surface area contributed by atoms with Crippen molar-refractivity contribution in [1.82, 2.24) is 9.97 Å². The molecule has 0 aliphatic carbocycles. The molecule has 4 nitrogen and oxygen atoms in total. The lowest BCUT2D eigenvalue weighted by molar-refractivity contribution is 0.832. The maximum absolute atomic E-state index is 5.42. The fraction of sp³-hybridized carbons (Fsp3) is 0.556. The number of nitrogens with two attached hydrogens (primary N) is 1. The summed E-state index contributed by atoms with van der Waals surface area (Å²) in [7, 11) is 0. The van der Waals surface area contributed by atoms with E-state index in [4.69, 9.17) is 5.73 Å². The number of anilines is 1. The van der Waals surface area contributed by atoms with Crippen LogP contribution < -0.4 is 10.6 Å². The number of hydrogen-bond donors (Lipinski definition) is 1. The monoisotopic (exact) mass is 180 g/mol. The SMILES string of the molecule is CCN(CC)c1cnc(CN)cn1. The van der Waals surface area contributed by atoms with Crippen molar-refractivity contribution in [3.05, 3.63) is 18.1 Å². The van der Waals surface area contributed by atoms with E-state index in [-0.39, 0.29) is 0 Å². The Morgan fingerprint density at radius 1 is 1.23 bits per heavy atom. The Kier molecular flexibility index (Phi) is 3.64. The molecule has 0 fully saturated rings. The van der Waals surface area contributed by atoms with Crippen molar-refractivity contribution in [2.45, 2.75) is 20.4 Å². The summed E-state index contributed by atoms with van der Waals surface area (Å²) in [4.78, 5) is 10.6. The standard InChI is InChI=1S/C9H16N4/c1-3-13(4-2)9-7-11-8(5-10)6-12-9/h6-7H,3-5,10H2,1-2H3. The van der Waals surface area contributed by atoms with Gasteiger partial charge in [-0.1, -0.05) is 0 Å². The van der Waals surface area contributed by atoms with Crippen LogP contribution in [0.3, 0.4) is 0 Å². The average Bonchev–Trinajstić information content (AvgIpc) is 2.21. The van der Waals surface area contributed by atoms with Crippen molar-refractivity contribution in [3.63, 3.8) is 0 Å². The lowest BCUT2D eigenvalue weighted by Crippen LogP contribution is -2.23. The molecule has 0 saturated heterocycles. The van der Waals surface area contributed by atoms with Gasteiger partial charge in [-0.15, -0.1) is 0 Å². The highest BCUT2D eigenvalue weighted by atomic mass is 15.2. The van der Waals surface area contributed by atoms with Crippen LogP contribution >= 0.6 is 0 Å². The van der Waals surface area contributed by atoms with Crippen LogP contribution in [0.25, 0.3) is 0 Å². The van der Waals surface area contributed by atoms with E-state index in [1.54, 1.807) is 12.4 Å². The molecule has 72 valence electrons. The minimum absolute atomic E-state index is 0.450. The van der Waals surface area contributed by atoms with Gasteiger partial charge in [0.2, 0.25) is 0 Å². The van der Waals surface area contributed by atoms with Crippen LogP contribution in [0.5, 0.6) is 0 Å². The normalized spacial score (nSPS) is 10.1. The third-order valence-electron chi connectivity index (χ3n) is 1.99. The average molecular weight is 180 g/mol. The highest BCUT2D eigenvalue weighted by Gasteiger charge is 2.02. The first-order valence-corrected chi connectivity index (χ1v) is 4.57. The summed E-state index contributed by atoms with van der Waals surface area (Å²) < 4.78 is 0. The van der Waals surface area contributed by atoms with Gasteiger partial charge in [-0.2, -0.15) is 0 Å². The number of nitrogens with zero attached hydrogens (tertiary/aromatic N) is 3. The lowest BCUT2D eigenvalue weighted by Gasteiger charge is -2.18. The second kappa shape index (κ2) is 4.77. The Balaban J connectivity index is 2.78. The first-order chi connectivity index (χ1) is 6.31. The zero-order valence-corrected chi connectivity index (χ0v) is 8.20. The highest BCUT2D eigenvalue weighted by molar-refractivity contribution is 5.35. The largest absolute Gasteiger partial charge is 0.356 e. The molecule has 0 bridgehead atoms. The molecule has 0 saturated carbocycles. The molecular weight excluding hydrogens is 164 g/mol. The van der Waals surface area contributed by atoms with Gasteiger partial charge >= 0.3 is 0 Å². The highest BCUT2D eigenvalue weighted by Crippen LogP contribution is 2.07. The second-order valence-electron chi connectivity index (χ2n) is 2.74. The molecule has 1 heterocycles. The predicted octanol–water partition coefficient (Wildman–Crippen LogP) is 0.781. The molecule has 13 heavy (non-hydrogen) atoms. The third-order valence-corrected chi connectivity index (χ3v) is 1.99. The second-order valence-corrected chi connectivity index (χ2v) is 2.74. The van der Waals surface area contributed by atoms with Crippen LogP contribution in [0.15, 0.2) is 12.4 Å². The van der Waals surface area contributed by atoms with E-state index in [0.717, 1.165) is 24.6 Å². The summed E-state index contributed by atoms with van der Waals surface area (Å²) in [5, 5.41) is 0. The molecular formula is C9H16N4. The van der Waals surface area contributed by atoms with Crippen LogP contribution in [-0.2, 0) is 6.54 Å². The Morgan fingerprint density at radius 3 is 2.31 bits per heavy atom. The van der Waals surface area contributed by atoms with E-state index in [1.807, 2.05) is 0 Å². The van der Waals surface area contributed by atoms with Crippen molar-refractivity contribution in [2.24, 2.45) is 5.73 Å². The Morgan fingerprint density at radius 2 is 1.92 bits per heavy atom. The molecule has 1 rings (SSSR count). The molecule has 1 aromatic heterocycles. The van der Waals surface area contributed by atoms with Crippen LogP contribution in [0, 0.1) is 0 Å². The topological polar surface area (TPSA) is 55.0 Å². The van der Waals surface area contributed by atoms with E-state index >= 15 is 0 Å². The summed E-state index contributed by atoms with van der Waals surface area (Å²) in [6.45, 7) is 6.55. The number of rotatable bonds is 4. The van der Waals surface area contributed by atoms with E-state index in [1.165, 1.54) is 0 Å². The van der Waals surface area contributed by atoms with Crippen LogP contribution in [-0.4, -0.2) is 23.1 Å². The van der Waals surface area contributed by atoms with Gasteiger partial charge in [0.15, 0.2) is 0 Å². The lowest BCUT2D eigenvalue weighted by atomic mass is 10.4. The smallest absolute Gasteiger partial charge is 0.147 e. The Labute approximate surface area is 78.8 Å². The van der Waals surface area contributed by atoms with E-state index in [0.29, 0.717) is 6.54 Å². The maximum Gasteiger partial charge on any atom is 0.147 e. The number of hydrogen-bond acceptors (Lipinski definition) is 4. The van der Waals surface area contributed by atoms with E-state index in [9.17, 15) is 0 Å². The molecule has 0 aliphatic rings. The zero-order valence-electron chi connectivity index (χ0n) is 8.20. The van der Waals surface area contributed by atoms with Gasteiger partial charge in [0.05, 0.1) is 18.1 Å². The Hall–Kier alpha value is -1.16.